The molecule has 5 nitrogen and oxygen atoms in total. The Morgan fingerprint density at radius 1 is 1.43 bits per heavy atom. The predicted molar refractivity (Wildman–Crippen MR) is 84.2 cm³/mol. The number of nitrogens with two attached hydrogens (primary N) is 1. The minimum atomic E-state index is -0.542. The Morgan fingerprint density at radius 2 is 2.19 bits per heavy atom. The molecule has 1 aliphatic carbocycles. The molecular weight excluding hydrogens is 286 g/mol. The van der Waals surface area contributed by atoms with Crippen LogP contribution in [-0.2, 0) is 4.79 Å². The Morgan fingerprint density at radius 3 is 2.86 bits per heavy atom. The molecule has 4 N–H and O–H groups in total. The fourth-order valence-corrected chi connectivity index (χ4v) is 3.36. The van der Waals surface area contributed by atoms with Gasteiger partial charge in [-0.1, -0.05) is 18.9 Å². The Hall–Kier alpha value is -1.40. The molecule has 0 bridgehead atoms. The summed E-state index contributed by atoms with van der Waals surface area (Å²) in [6, 6.07) is 3.16. The minimum Gasteiger partial charge on any atom is -0.351 e. The summed E-state index contributed by atoms with van der Waals surface area (Å²) in [5, 5.41) is 7.61. The van der Waals surface area contributed by atoms with E-state index in [0.717, 1.165) is 19.3 Å². The highest BCUT2D eigenvalue weighted by Gasteiger charge is 2.27. The van der Waals surface area contributed by atoms with Crippen LogP contribution in [0.5, 0.6) is 0 Å². The second-order valence-corrected chi connectivity index (χ2v) is 6.52. The molecule has 1 aliphatic rings. The Kier molecular flexibility index (Phi) is 5.76. The lowest BCUT2D eigenvalue weighted by molar-refractivity contribution is -0.123. The summed E-state index contributed by atoms with van der Waals surface area (Å²) in [6.45, 7) is 2.31. The third kappa shape index (κ3) is 4.28. The quantitative estimate of drug-likeness (QED) is 0.770. The van der Waals surface area contributed by atoms with Gasteiger partial charge in [0.2, 0.25) is 5.91 Å². The summed E-state index contributed by atoms with van der Waals surface area (Å²) >= 11 is 1.36. The van der Waals surface area contributed by atoms with Gasteiger partial charge in [0.15, 0.2) is 0 Å². The first-order valence-corrected chi connectivity index (χ1v) is 8.34. The Bertz CT molecular complexity index is 475. The van der Waals surface area contributed by atoms with E-state index in [9.17, 15) is 9.59 Å². The minimum absolute atomic E-state index is 0.134. The summed E-state index contributed by atoms with van der Waals surface area (Å²) in [5.74, 6) is 0.0137. The topological polar surface area (TPSA) is 84.2 Å². The van der Waals surface area contributed by atoms with Crippen LogP contribution in [-0.4, -0.2) is 30.4 Å². The number of hydrogen-bond acceptors (Lipinski definition) is 4. The van der Waals surface area contributed by atoms with Crippen molar-refractivity contribution in [1.82, 2.24) is 10.6 Å². The van der Waals surface area contributed by atoms with E-state index in [1.165, 1.54) is 17.8 Å². The number of amides is 2. The molecule has 1 fully saturated rings. The summed E-state index contributed by atoms with van der Waals surface area (Å²) in [4.78, 5) is 24.8. The molecule has 0 radical (unpaired) electrons. The molecule has 3 atom stereocenters. The SMILES string of the molecule is CC(NC(=O)c1cccs1)C(=O)NC1CCCCC1CN. The average Bonchev–Trinajstić information content (AvgIpc) is 3.02. The first-order chi connectivity index (χ1) is 10.1. The largest absolute Gasteiger partial charge is 0.351 e. The van der Waals surface area contributed by atoms with Crippen LogP contribution in [0.4, 0.5) is 0 Å². The molecule has 1 aromatic rings. The van der Waals surface area contributed by atoms with Crippen molar-refractivity contribution in [2.45, 2.75) is 44.7 Å². The maximum atomic E-state index is 12.2. The molecule has 0 saturated heterocycles. The van der Waals surface area contributed by atoms with Gasteiger partial charge in [0.1, 0.15) is 6.04 Å². The standard InChI is InChI=1S/C15H23N3O2S/c1-10(17-15(20)13-7-4-8-21-13)14(19)18-12-6-3-2-5-11(12)9-16/h4,7-8,10-12H,2-3,5-6,9,16H2,1H3,(H,17,20)(H,18,19). The van der Waals surface area contributed by atoms with Crippen molar-refractivity contribution in [1.29, 1.82) is 0 Å². The summed E-state index contributed by atoms with van der Waals surface area (Å²) in [7, 11) is 0. The number of hydrogen-bond donors (Lipinski definition) is 3. The molecule has 1 heterocycles. The van der Waals surface area contributed by atoms with Gasteiger partial charge in [0.05, 0.1) is 4.88 Å². The average molecular weight is 309 g/mol. The van der Waals surface area contributed by atoms with E-state index in [0.29, 0.717) is 17.3 Å². The van der Waals surface area contributed by atoms with Crippen LogP contribution >= 0.6 is 11.3 Å². The first-order valence-electron chi connectivity index (χ1n) is 7.46. The van der Waals surface area contributed by atoms with Gasteiger partial charge in [-0.25, -0.2) is 0 Å². The maximum absolute atomic E-state index is 12.2. The predicted octanol–water partition coefficient (Wildman–Crippen LogP) is 1.50. The maximum Gasteiger partial charge on any atom is 0.261 e. The molecule has 1 saturated carbocycles. The van der Waals surface area contributed by atoms with Crippen LogP contribution in [0.2, 0.25) is 0 Å². The second kappa shape index (κ2) is 7.56. The van der Waals surface area contributed by atoms with Gasteiger partial charge in [-0.2, -0.15) is 0 Å². The van der Waals surface area contributed by atoms with E-state index in [-0.39, 0.29) is 17.9 Å². The van der Waals surface area contributed by atoms with Crippen molar-refractivity contribution in [2.75, 3.05) is 6.54 Å². The van der Waals surface area contributed by atoms with Gasteiger partial charge in [0, 0.05) is 6.04 Å². The van der Waals surface area contributed by atoms with E-state index in [4.69, 9.17) is 5.73 Å². The van der Waals surface area contributed by atoms with Crippen LogP contribution in [0.15, 0.2) is 17.5 Å². The van der Waals surface area contributed by atoms with Gasteiger partial charge in [-0.15, -0.1) is 11.3 Å². The van der Waals surface area contributed by atoms with Crippen LogP contribution < -0.4 is 16.4 Å². The lowest BCUT2D eigenvalue weighted by atomic mass is 9.84. The van der Waals surface area contributed by atoms with Crippen molar-refractivity contribution in [3.8, 4) is 0 Å². The molecule has 0 aromatic carbocycles. The van der Waals surface area contributed by atoms with Crippen molar-refractivity contribution >= 4 is 23.2 Å². The third-order valence-corrected chi connectivity index (χ3v) is 4.89. The van der Waals surface area contributed by atoms with Crippen molar-refractivity contribution < 1.29 is 9.59 Å². The zero-order chi connectivity index (χ0) is 15.2. The molecule has 21 heavy (non-hydrogen) atoms. The fraction of sp³-hybridized carbons (Fsp3) is 0.600. The normalized spacial score (nSPS) is 23.3. The molecule has 2 rings (SSSR count). The highest BCUT2D eigenvalue weighted by atomic mass is 32.1. The highest BCUT2D eigenvalue weighted by molar-refractivity contribution is 7.12. The zero-order valence-corrected chi connectivity index (χ0v) is 13.1. The molecule has 116 valence electrons. The summed E-state index contributed by atoms with van der Waals surface area (Å²) in [6.07, 6.45) is 4.34. The van der Waals surface area contributed by atoms with Crippen molar-refractivity contribution in [3.05, 3.63) is 22.4 Å². The number of carbonyl (C=O) groups excluding carboxylic acids is 2. The monoisotopic (exact) mass is 309 g/mol. The van der Waals surface area contributed by atoms with Gasteiger partial charge in [-0.3, -0.25) is 9.59 Å². The van der Waals surface area contributed by atoms with Crippen LogP contribution in [0.1, 0.15) is 42.3 Å². The van der Waals surface area contributed by atoms with E-state index in [1.807, 2.05) is 11.4 Å². The molecule has 6 heteroatoms. The first kappa shape index (κ1) is 16.0. The highest BCUT2D eigenvalue weighted by Crippen LogP contribution is 2.23. The lowest BCUT2D eigenvalue weighted by Crippen LogP contribution is -2.51. The smallest absolute Gasteiger partial charge is 0.261 e. The molecule has 2 amide bonds. The van der Waals surface area contributed by atoms with Crippen LogP contribution in [0.25, 0.3) is 0 Å². The summed E-state index contributed by atoms with van der Waals surface area (Å²) < 4.78 is 0. The number of nitrogens with one attached hydrogen (secondary N) is 2. The third-order valence-electron chi connectivity index (χ3n) is 4.03. The van der Waals surface area contributed by atoms with Crippen molar-refractivity contribution in [2.24, 2.45) is 11.7 Å². The van der Waals surface area contributed by atoms with E-state index < -0.39 is 6.04 Å². The van der Waals surface area contributed by atoms with Crippen molar-refractivity contribution in [3.63, 3.8) is 0 Å². The fourth-order valence-electron chi connectivity index (χ4n) is 2.73. The number of thiophene rings is 1. The van der Waals surface area contributed by atoms with Crippen LogP contribution in [0.3, 0.4) is 0 Å². The van der Waals surface area contributed by atoms with Crippen LogP contribution in [0, 0.1) is 5.92 Å². The Labute approximate surface area is 129 Å². The second-order valence-electron chi connectivity index (χ2n) is 5.57. The lowest BCUT2D eigenvalue weighted by Gasteiger charge is -2.32. The van der Waals surface area contributed by atoms with Gasteiger partial charge >= 0.3 is 0 Å². The van der Waals surface area contributed by atoms with Gasteiger partial charge in [0.25, 0.3) is 5.91 Å². The molecule has 3 unspecified atom stereocenters. The molecular formula is C15H23N3O2S. The van der Waals surface area contributed by atoms with E-state index in [1.54, 1.807) is 13.0 Å². The van der Waals surface area contributed by atoms with E-state index in [2.05, 4.69) is 10.6 Å². The van der Waals surface area contributed by atoms with Gasteiger partial charge < -0.3 is 16.4 Å². The zero-order valence-electron chi connectivity index (χ0n) is 12.3. The van der Waals surface area contributed by atoms with Gasteiger partial charge in [-0.05, 0) is 43.7 Å². The number of carbonyl (C=O) groups is 2. The molecule has 1 aromatic heterocycles. The molecule has 0 spiro atoms. The van der Waals surface area contributed by atoms with E-state index >= 15 is 0 Å². The molecule has 0 aliphatic heterocycles. The number of rotatable bonds is 5. The Balaban J connectivity index is 1.85. The summed E-state index contributed by atoms with van der Waals surface area (Å²) in [5.41, 5.74) is 5.77.